The lowest BCUT2D eigenvalue weighted by atomic mass is 10.0. The van der Waals surface area contributed by atoms with Crippen LogP contribution in [0.2, 0.25) is 6.55 Å². The van der Waals surface area contributed by atoms with Gasteiger partial charge < -0.3 is 20.0 Å². The van der Waals surface area contributed by atoms with Crippen molar-refractivity contribution in [2.45, 2.75) is 19.5 Å². The maximum absolute atomic E-state index is 13.4. The van der Waals surface area contributed by atoms with Crippen molar-refractivity contribution in [3.63, 3.8) is 0 Å². The molecule has 10 nitrogen and oxygen atoms in total. The highest BCUT2D eigenvalue weighted by molar-refractivity contribution is 6.72. The number of benzene rings is 2. The Balaban J connectivity index is 1.40. The SMILES string of the molecule is C=Cc1cccc([Si](C)NC(=O)c2cn(C)c3ccc(-c4ccn5nc(NC(=O)N[C@@H](C)CO)nc5c4)cc23)c1. The van der Waals surface area contributed by atoms with Gasteiger partial charge in [-0.15, -0.1) is 5.10 Å². The molecule has 0 fully saturated rings. The molecule has 0 saturated heterocycles. The van der Waals surface area contributed by atoms with Crippen LogP contribution in [0.3, 0.4) is 0 Å². The molecule has 0 saturated carbocycles. The van der Waals surface area contributed by atoms with Crippen LogP contribution < -0.4 is 20.8 Å². The Morgan fingerprint density at radius 1 is 1.15 bits per heavy atom. The van der Waals surface area contributed by atoms with Gasteiger partial charge in [0.15, 0.2) is 5.65 Å². The maximum Gasteiger partial charge on any atom is 0.321 e. The average molecular weight is 553 g/mol. The molecule has 0 bridgehead atoms. The van der Waals surface area contributed by atoms with Crippen LogP contribution in [-0.4, -0.2) is 57.8 Å². The number of amides is 3. The average Bonchev–Trinajstić information content (AvgIpc) is 3.51. The summed E-state index contributed by atoms with van der Waals surface area (Å²) in [6.07, 6.45) is 5.43. The summed E-state index contributed by atoms with van der Waals surface area (Å²) < 4.78 is 3.53. The van der Waals surface area contributed by atoms with E-state index in [9.17, 15) is 9.59 Å². The van der Waals surface area contributed by atoms with Gasteiger partial charge in [-0.2, -0.15) is 4.98 Å². The molecule has 1 radical (unpaired) electrons. The minimum absolute atomic E-state index is 0.111. The third-order valence-corrected chi connectivity index (χ3v) is 8.42. The molecule has 3 amide bonds. The fourth-order valence-electron chi connectivity index (χ4n) is 4.48. The molecular weight excluding hydrogens is 522 g/mol. The third kappa shape index (κ3) is 5.51. The standard InChI is InChI=1S/C29H30N7O3Si/c1-5-19-7-6-8-22(13-19)40(4)34-27(38)24-16-35(3)25-10-9-20(14-23(24)25)21-11-12-36-26(15-21)31-28(33-36)32-29(39)30-18(2)17-37/h5-16,18,37H,1,17H2,2-4H3,(H,34,38)(H2,30,32,33,39)/t18-/m0/s1. The van der Waals surface area contributed by atoms with Gasteiger partial charge >= 0.3 is 6.03 Å². The Morgan fingerprint density at radius 2 is 1.95 bits per heavy atom. The van der Waals surface area contributed by atoms with Gasteiger partial charge in [-0.05, 0) is 59.6 Å². The summed E-state index contributed by atoms with van der Waals surface area (Å²) in [7, 11) is 0.603. The van der Waals surface area contributed by atoms with Gasteiger partial charge in [0.05, 0.1) is 18.2 Å². The molecule has 40 heavy (non-hydrogen) atoms. The number of hydrogen-bond acceptors (Lipinski definition) is 5. The van der Waals surface area contributed by atoms with Crippen LogP contribution in [0.1, 0.15) is 22.8 Å². The first-order valence-corrected chi connectivity index (χ1v) is 14.8. The first kappa shape index (κ1) is 26.8. The quantitative estimate of drug-likeness (QED) is 0.220. The number of aliphatic hydroxyl groups is 1. The van der Waals surface area contributed by atoms with E-state index in [1.807, 2.05) is 66.3 Å². The number of aryl methyl sites for hydroxylation is 1. The summed E-state index contributed by atoms with van der Waals surface area (Å²) in [6, 6.07) is 17.0. The van der Waals surface area contributed by atoms with Crippen molar-refractivity contribution in [3.05, 3.63) is 84.7 Å². The molecular formula is C29H30N7O3Si. The molecule has 0 unspecified atom stereocenters. The Labute approximate surface area is 233 Å². The van der Waals surface area contributed by atoms with Crippen molar-refractivity contribution >= 4 is 54.7 Å². The normalized spacial score (nSPS) is 12.0. The number of pyridine rings is 1. The summed E-state index contributed by atoms with van der Waals surface area (Å²) >= 11 is 0. The van der Waals surface area contributed by atoms with Gasteiger partial charge in [0.2, 0.25) is 14.9 Å². The van der Waals surface area contributed by atoms with E-state index in [0.29, 0.717) is 11.2 Å². The van der Waals surface area contributed by atoms with Crippen LogP contribution in [0.5, 0.6) is 0 Å². The van der Waals surface area contributed by atoms with Crippen molar-refractivity contribution in [2.24, 2.45) is 7.05 Å². The number of urea groups is 1. The lowest BCUT2D eigenvalue weighted by molar-refractivity contribution is 0.0981. The Kier molecular flexibility index (Phi) is 7.49. The lowest BCUT2D eigenvalue weighted by Crippen LogP contribution is -2.45. The fourth-order valence-corrected chi connectivity index (χ4v) is 5.83. The van der Waals surface area contributed by atoms with E-state index >= 15 is 0 Å². The minimum atomic E-state index is -1.33. The largest absolute Gasteiger partial charge is 0.394 e. The summed E-state index contributed by atoms with van der Waals surface area (Å²) in [5.74, 6) is 0.0358. The Morgan fingerprint density at radius 3 is 2.73 bits per heavy atom. The second-order valence-electron chi connectivity index (χ2n) is 9.63. The van der Waals surface area contributed by atoms with Gasteiger partial charge in [-0.25, -0.2) is 9.31 Å². The maximum atomic E-state index is 13.4. The highest BCUT2D eigenvalue weighted by atomic mass is 28.3. The molecule has 0 aliphatic heterocycles. The first-order valence-electron chi connectivity index (χ1n) is 12.8. The van der Waals surface area contributed by atoms with Crippen LogP contribution in [0.4, 0.5) is 10.7 Å². The fraction of sp³-hybridized carbons (Fsp3) is 0.172. The number of rotatable bonds is 8. The summed E-state index contributed by atoms with van der Waals surface area (Å²) in [5, 5.41) is 20.5. The molecule has 3 aromatic heterocycles. The van der Waals surface area contributed by atoms with E-state index in [0.717, 1.165) is 32.8 Å². The number of nitrogens with zero attached hydrogens (tertiary/aromatic N) is 4. The number of aromatic nitrogens is 4. The van der Waals surface area contributed by atoms with Crippen LogP contribution in [-0.2, 0) is 7.05 Å². The molecule has 11 heteroatoms. The van der Waals surface area contributed by atoms with E-state index in [-0.39, 0.29) is 18.5 Å². The molecule has 5 rings (SSSR count). The highest BCUT2D eigenvalue weighted by Crippen LogP contribution is 2.28. The van der Waals surface area contributed by atoms with Gasteiger partial charge in [0.25, 0.3) is 5.95 Å². The van der Waals surface area contributed by atoms with Crippen molar-refractivity contribution in [3.8, 4) is 11.1 Å². The molecule has 3 heterocycles. The molecule has 0 spiro atoms. The molecule has 4 N–H and O–H groups in total. The number of hydrogen-bond donors (Lipinski definition) is 4. The molecule has 1 atom stereocenters. The van der Waals surface area contributed by atoms with Crippen LogP contribution in [0.25, 0.3) is 33.8 Å². The second kappa shape index (κ2) is 11.2. The zero-order valence-electron chi connectivity index (χ0n) is 22.5. The third-order valence-electron chi connectivity index (χ3n) is 6.64. The van der Waals surface area contributed by atoms with Crippen LogP contribution in [0.15, 0.2) is 73.6 Å². The number of nitrogens with one attached hydrogen (secondary N) is 3. The van der Waals surface area contributed by atoms with Gasteiger partial charge in [-0.3, -0.25) is 10.1 Å². The van der Waals surface area contributed by atoms with E-state index in [2.05, 4.69) is 44.9 Å². The Hall–Kier alpha value is -4.74. The monoisotopic (exact) mass is 552 g/mol. The first-order chi connectivity index (χ1) is 19.2. The molecule has 203 valence electrons. The topological polar surface area (TPSA) is 126 Å². The van der Waals surface area contributed by atoms with Crippen molar-refractivity contribution in [2.75, 3.05) is 11.9 Å². The van der Waals surface area contributed by atoms with E-state index in [1.165, 1.54) is 0 Å². The van der Waals surface area contributed by atoms with Crippen molar-refractivity contribution in [1.29, 1.82) is 0 Å². The van der Waals surface area contributed by atoms with E-state index in [4.69, 9.17) is 5.11 Å². The predicted octanol–water partition coefficient (Wildman–Crippen LogP) is 3.29. The second-order valence-corrected chi connectivity index (χ2v) is 11.7. The van der Waals surface area contributed by atoms with Crippen molar-refractivity contribution in [1.82, 2.24) is 29.5 Å². The molecule has 0 aliphatic carbocycles. The number of aliphatic hydroxyl groups excluding tert-OH is 1. The summed E-state index contributed by atoms with van der Waals surface area (Å²) in [6.45, 7) is 7.42. The van der Waals surface area contributed by atoms with Gasteiger partial charge in [-0.1, -0.05) is 43.0 Å². The number of carbonyl (C=O) groups is 2. The summed E-state index contributed by atoms with van der Waals surface area (Å²) in [5.41, 5.74) is 4.95. The molecule has 2 aromatic carbocycles. The van der Waals surface area contributed by atoms with E-state index < -0.39 is 21.0 Å². The summed E-state index contributed by atoms with van der Waals surface area (Å²) in [4.78, 5) is 33.1. The van der Waals surface area contributed by atoms with Crippen LogP contribution >= 0.6 is 0 Å². The van der Waals surface area contributed by atoms with Crippen LogP contribution in [0, 0.1) is 0 Å². The number of fused-ring (bicyclic) bond motifs is 2. The van der Waals surface area contributed by atoms with E-state index in [1.54, 1.807) is 23.7 Å². The lowest BCUT2D eigenvalue weighted by Gasteiger charge is -2.12. The Bertz CT molecular complexity index is 1740. The molecule has 0 aliphatic rings. The zero-order valence-corrected chi connectivity index (χ0v) is 23.5. The molecule has 5 aromatic rings. The number of carbonyl (C=O) groups excluding carboxylic acids is 2. The van der Waals surface area contributed by atoms with Gasteiger partial charge in [0.1, 0.15) is 0 Å². The highest BCUT2D eigenvalue weighted by Gasteiger charge is 2.19. The minimum Gasteiger partial charge on any atom is -0.394 e. The van der Waals surface area contributed by atoms with Gasteiger partial charge in [0, 0.05) is 30.3 Å². The number of anilines is 1. The van der Waals surface area contributed by atoms with Crippen molar-refractivity contribution < 1.29 is 14.7 Å². The predicted molar refractivity (Wildman–Crippen MR) is 159 cm³/mol. The zero-order chi connectivity index (χ0) is 28.4. The smallest absolute Gasteiger partial charge is 0.321 e.